The lowest BCUT2D eigenvalue weighted by Crippen LogP contribution is -2.60. The molecule has 4 aliphatic rings. The Hall–Kier alpha value is -0.0800. The maximum absolute atomic E-state index is 6.31. The minimum atomic E-state index is 0.416. The molecule has 2 bridgehead atoms. The first-order valence-corrected chi connectivity index (χ1v) is 9.22. The molecular weight excluding hydrogens is 244 g/mol. The summed E-state index contributed by atoms with van der Waals surface area (Å²) >= 11 is 0. The maximum atomic E-state index is 6.31. The second kappa shape index (κ2) is 4.98. The molecule has 2 N–H and O–H groups in total. The van der Waals surface area contributed by atoms with E-state index < -0.39 is 0 Å². The van der Waals surface area contributed by atoms with Crippen LogP contribution in [0.3, 0.4) is 0 Å². The fraction of sp³-hybridized carbons (Fsp3) is 1.00. The zero-order valence-electron chi connectivity index (χ0n) is 13.1. The Morgan fingerprint density at radius 1 is 0.950 bits per heavy atom. The van der Waals surface area contributed by atoms with Crippen molar-refractivity contribution in [1.29, 1.82) is 0 Å². The van der Waals surface area contributed by atoms with Gasteiger partial charge in [-0.2, -0.15) is 0 Å². The van der Waals surface area contributed by atoms with Crippen molar-refractivity contribution in [1.82, 2.24) is 4.90 Å². The lowest BCUT2D eigenvalue weighted by Gasteiger charge is -2.53. The molecule has 4 rings (SSSR count). The Kier molecular flexibility index (Phi) is 3.38. The predicted molar refractivity (Wildman–Crippen MR) is 83.6 cm³/mol. The number of piperidine rings is 1. The van der Waals surface area contributed by atoms with E-state index in [1.807, 2.05) is 0 Å². The van der Waals surface area contributed by atoms with E-state index in [1.165, 1.54) is 83.7 Å². The van der Waals surface area contributed by atoms with Crippen LogP contribution < -0.4 is 5.73 Å². The van der Waals surface area contributed by atoms with Crippen LogP contribution >= 0.6 is 0 Å². The van der Waals surface area contributed by atoms with Gasteiger partial charge < -0.3 is 5.73 Å². The minimum Gasteiger partial charge on any atom is -0.329 e. The molecular formula is C18H32N2. The molecule has 2 nitrogen and oxygen atoms in total. The van der Waals surface area contributed by atoms with Crippen molar-refractivity contribution in [3.8, 4) is 0 Å². The van der Waals surface area contributed by atoms with Crippen LogP contribution in [0.1, 0.15) is 70.6 Å². The van der Waals surface area contributed by atoms with Crippen LogP contribution in [0.5, 0.6) is 0 Å². The van der Waals surface area contributed by atoms with Crippen LogP contribution in [-0.2, 0) is 0 Å². The Balaban J connectivity index is 1.45. The highest BCUT2D eigenvalue weighted by Crippen LogP contribution is 2.55. The zero-order valence-corrected chi connectivity index (χ0v) is 13.1. The molecule has 3 unspecified atom stereocenters. The minimum absolute atomic E-state index is 0.416. The number of fused-ring (bicyclic) bond motifs is 2. The molecule has 20 heavy (non-hydrogen) atoms. The summed E-state index contributed by atoms with van der Waals surface area (Å²) in [7, 11) is 0. The second-order valence-electron chi connectivity index (χ2n) is 8.44. The Bertz CT molecular complexity index is 350. The van der Waals surface area contributed by atoms with Gasteiger partial charge in [0.1, 0.15) is 0 Å². The molecule has 1 spiro atoms. The van der Waals surface area contributed by atoms with Crippen molar-refractivity contribution >= 4 is 0 Å². The van der Waals surface area contributed by atoms with Crippen LogP contribution in [0.2, 0.25) is 0 Å². The van der Waals surface area contributed by atoms with E-state index in [2.05, 4.69) is 4.90 Å². The molecule has 2 heteroatoms. The predicted octanol–water partition coefficient (Wildman–Crippen LogP) is 3.55. The van der Waals surface area contributed by atoms with Gasteiger partial charge in [0.15, 0.2) is 0 Å². The van der Waals surface area contributed by atoms with E-state index in [0.717, 1.165) is 23.8 Å². The van der Waals surface area contributed by atoms with E-state index in [9.17, 15) is 0 Å². The van der Waals surface area contributed by atoms with Crippen LogP contribution in [-0.4, -0.2) is 30.1 Å². The van der Waals surface area contributed by atoms with Gasteiger partial charge in [-0.05, 0) is 75.3 Å². The molecule has 0 radical (unpaired) electrons. The molecule has 3 aliphatic carbocycles. The van der Waals surface area contributed by atoms with Crippen molar-refractivity contribution < 1.29 is 0 Å². The second-order valence-corrected chi connectivity index (χ2v) is 8.44. The number of nitrogens with zero attached hydrogens (tertiary/aromatic N) is 1. The Morgan fingerprint density at radius 2 is 1.70 bits per heavy atom. The van der Waals surface area contributed by atoms with Gasteiger partial charge in [-0.25, -0.2) is 0 Å². The largest absolute Gasteiger partial charge is 0.329 e. The molecule has 3 saturated carbocycles. The summed E-state index contributed by atoms with van der Waals surface area (Å²) in [5, 5.41) is 0. The summed E-state index contributed by atoms with van der Waals surface area (Å²) in [6.07, 6.45) is 16.3. The summed E-state index contributed by atoms with van der Waals surface area (Å²) in [5.41, 5.74) is 7.47. The molecule has 1 saturated heterocycles. The van der Waals surface area contributed by atoms with Gasteiger partial charge in [-0.15, -0.1) is 0 Å². The van der Waals surface area contributed by atoms with Crippen molar-refractivity contribution in [2.75, 3.05) is 19.6 Å². The lowest BCUT2D eigenvalue weighted by molar-refractivity contribution is -0.0219. The molecule has 3 atom stereocenters. The third kappa shape index (κ3) is 1.98. The van der Waals surface area contributed by atoms with Crippen LogP contribution in [0, 0.1) is 17.3 Å². The zero-order chi connectivity index (χ0) is 13.6. The van der Waals surface area contributed by atoms with E-state index in [4.69, 9.17) is 5.73 Å². The third-order valence-corrected chi connectivity index (χ3v) is 7.66. The van der Waals surface area contributed by atoms with Gasteiger partial charge in [0, 0.05) is 12.1 Å². The normalized spacial score (nSPS) is 44.2. The number of hydrogen-bond acceptors (Lipinski definition) is 2. The number of rotatable bonds is 2. The Morgan fingerprint density at radius 3 is 2.25 bits per heavy atom. The smallest absolute Gasteiger partial charge is 0.0362 e. The maximum Gasteiger partial charge on any atom is 0.0362 e. The highest BCUT2D eigenvalue weighted by molar-refractivity contribution is 5.09. The topological polar surface area (TPSA) is 29.3 Å². The van der Waals surface area contributed by atoms with Crippen LogP contribution in [0.15, 0.2) is 0 Å². The molecule has 114 valence electrons. The van der Waals surface area contributed by atoms with Gasteiger partial charge in [-0.3, -0.25) is 4.90 Å². The van der Waals surface area contributed by atoms with Gasteiger partial charge >= 0.3 is 0 Å². The number of hydrogen-bond donors (Lipinski definition) is 1. The molecule has 0 amide bonds. The molecule has 1 heterocycles. The average molecular weight is 276 g/mol. The van der Waals surface area contributed by atoms with Crippen molar-refractivity contribution in [3.05, 3.63) is 0 Å². The summed E-state index contributed by atoms with van der Waals surface area (Å²) in [4.78, 5) is 2.86. The van der Waals surface area contributed by atoms with E-state index in [-0.39, 0.29) is 0 Å². The van der Waals surface area contributed by atoms with Gasteiger partial charge in [-0.1, -0.05) is 25.7 Å². The highest BCUT2D eigenvalue weighted by atomic mass is 15.2. The van der Waals surface area contributed by atoms with E-state index >= 15 is 0 Å². The number of likely N-dealkylation sites (tertiary alicyclic amines) is 1. The molecule has 0 aromatic heterocycles. The summed E-state index contributed by atoms with van der Waals surface area (Å²) in [6, 6.07) is 0. The summed E-state index contributed by atoms with van der Waals surface area (Å²) < 4.78 is 0. The van der Waals surface area contributed by atoms with Crippen molar-refractivity contribution in [3.63, 3.8) is 0 Å². The lowest BCUT2D eigenvalue weighted by atomic mass is 9.67. The van der Waals surface area contributed by atoms with Crippen LogP contribution in [0.4, 0.5) is 0 Å². The monoisotopic (exact) mass is 276 g/mol. The fourth-order valence-corrected chi connectivity index (χ4v) is 6.41. The summed E-state index contributed by atoms with van der Waals surface area (Å²) in [5.74, 6) is 1.94. The summed E-state index contributed by atoms with van der Waals surface area (Å²) in [6.45, 7) is 3.61. The first-order chi connectivity index (χ1) is 9.76. The molecule has 0 aromatic carbocycles. The highest BCUT2D eigenvalue weighted by Gasteiger charge is 2.54. The first-order valence-electron chi connectivity index (χ1n) is 9.22. The standard InChI is InChI=1S/C18H32N2/c19-14-18(13-15-4-5-16(18)12-15)20-10-8-17(9-11-20)6-2-1-3-7-17/h15-16H,1-14,19H2. The molecule has 0 aromatic rings. The fourth-order valence-electron chi connectivity index (χ4n) is 6.41. The number of nitrogens with two attached hydrogens (primary N) is 1. The average Bonchev–Trinajstić information content (AvgIpc) is 3.10. The van der Waals surface area contributed by atoms with E-state index in [0.29, 0.717) is 5.54 Å². The van der Waals surface area contributed by atoms with Crippen LogP contribution in [0.25, 0.3) is 0 Å². The molecule has 4 fully saturated rings. The quantitative estimate of drug-likeness (QED) is 0.835. The van der Waals surface area contributed by atoms with E-state index in [1.54, 1.807) is 0 Å². The van der Waals surface area contributed by atoms with Gasteiger partial charge in [0.05, 0.1) is 0 Å². The third-order valence-electron chi connectivity index (χ3n) is 7.66. The van der Waals surface area contributed by atoms with Crippen molar-refractivity contribution in [2.45, 2.75) is 76.2 Å². The molecule has 1 aliphatic heterocycles. The Labute approximate surface area is 124 Å². The SMILES string of the molecule is NCC1(N2CCC3(CCCCC3)CC2)CC2CCC1C2. The van der Waals surface area contributed by atoms with Gasteiger partial charge in [0.2, 0.25) is 0 Å². The first kappa shape index (κ1) is 13.6. The van der Waals surface area contributed by atoms with Crippen molar-refractivity contribution in [2.24, 2.45) is 23.0 Å². The van der Waals surface area contributed by atoms with Gasteiger partial charge in [0.25, 0.3) is 0 Å².